The van der Waals surface area contributed by atoms with Gasteiger partial charge in [-0.1, -0.05) is 43.7 Å². The van der Waals surface area contributed by atoms with E-state index >= 15 is 0 Å². The molecule has 0 radical (unpaired) electrons. The molecule has 0 bridgehead atoms. The second kappa shape index (κ2) is 9.59. The highest BCUT2D eigenvalue weighted by atomic mass is 16.5. The van der Waals surface area contributed by atoms with Crippen molar-refractivity contribution in [1.82, 2.24) is 0 Å². The van der Waals surface area contributed by atoms with Gasteiger partial charge in [0.25, 0.3) is 0 Å². The summed E-state index contributed by atoms with van der Waals surface area (Å²) in [5.41, 5.74) is 1.17. The smallest absolute Gasteiger partial charge is 0.308 e. The summed E-state index contributed by atoms with van der Waals surface area (Å²) in [6.45, 7) is 3.84. The maximum Gasteiger partial charge on any atom is 0.308 e. The van der Waals surface area contributed by atoms with Gasteiger partial charge in [-0.2, -0.15) is 0 Å². The van der Waals surface area contributed by atoms with Gasteiger partial charge in [0.05, 0.1) is 31.8 Å². The minimum absolute atomic E-state index is 0.0800. The fraction of sp³-hybridized carbons (Fsp3) is 0.611. The minimum atomic E-state index is -0.165. The molecule has 1 saturated heterocycles. The third-order valence-corrected chi connectivity index (χ3v) is 3.80. The van der Waals surface area contributed by atoms with Gasteiger partial charge in [0.2, 0.25) is 0 Å². The van der Waals surface area contributed by atoms with Gasteiger partial charge in [0.1, 0.15) is 0 Å². The summed E-state index contributed by atoms with van der Waals surface area (Å²) in [5.74, 6) is -0.165. The molecule has 0 aliphatic carbocycles. The molecule has 0 aromatic heterocycles. The van der Waals surface area contributed by atoms with Crippen molar-refractivity contribution >= 4 is 5.97 Å². The van der Waals surface area contributed by atoms with Crippen LogP contribution in [0.25, 0.3) is 0 Å². The Morgan fingerprint density at radius 2 is 2.14 bits per heavy atom. The minimum Gasteiger partial charge on any atom is -0.466 e. The predicted molar refractivity (Wildman–Crippen MR) is 84.5 cm³/mol. The van der Waals surface area contributed by atoms with Crippen molar-refractivity contribution < 1.29 is 19.0 Å². The summed E-state index contributed by atoms with van der Waals surface area (Å²) in [6, 6.07) is 10.1. The number of carbonyl (C=O) groups is 1. The van der Waals surface area contributed by atoms with E-state index in [4.69, 9.17) is 14.2 Å². The van der Waals surface area contributed by atoms with E-state index in [1.165, 1.54) is 5.56 Å². The number of unbranched alkanes of at least 4 members (excludes halogenated alkanes) is 1. The van der Waals surface area contributed by atoms with Gasteiger partial charge in [-0.05, 0) is 18.4 Å². The second-order valence-corrected chi connectivity index (χ2v) is 5.71. The van der Waals surface area contributed by atoms with Gasteiger partial charge < -0.3 is 14.2 Å². The molecule has 122 valence electrons. The summed E-state index contributed by atoms with van der Waals surface area (Å²) in [7, 11) is 0. The zero-order chi connectivity index (χ0) is 15.6. The van der Waals surface area contributed by atoms with E-state index in [1.807, 2.05) is 18.2 Å². The van der Waals surface area contributed by atoms with Crippen LogP contribution in [0.1, 0.15) is 44.6 Å². The Bertz CT molecular complexity index is 432. The summed E-state index contributed by atoms with van der Waals surface area (Å²) in [6.07, 6.45) is 3.99. The monoisotopic (exact) mass is 306 g/mol. The first-order valence-electron chi connectivity index (χ1n) is 8.20. The van der Waals surface area contributed by atoms with Crippen LogP contribution in [-0.2, 0) is 25.6 Å². The summed E-state index contributed by atoms with van der Waals surface area (Å²) < 4.78 is 16.8. The lowest BCUT2D eigenvalue weighted by molar-refractivity contribution is -0.150. The van der Waals surface area contributed by atoms with Crippen LogP contribution in [0.3, 0.4) is 0 Å². The van der Waals surface area contributed by atoms with Crippen LogP contribution in [0.5, 0.6) is 0 Å². The van der Waals surface area contributed by atoms with Crippen LogP contribution in [0.4, 0.5) is 0 Å². The largest absolute Gasteiger partial charge is 0.466 e. The molecular weight excluding hydrogens is 280 g/mol. The van der Waals surface area contributed by atoms with E-state index in [1.54, 1.807) is 0 Å². The van der Waals surface area contributed by atoms with E-state index in [9.17, 15) is 4.79 Å². The van der Waals surface area contributed by atoms with Crippen molar-refractivity contribution in [3.05, 3.63) is 35.9 Å². The SMILES string of the molecule is CCCCOC(=O)C[C@@H]1C[C@H](OCc2ccccc2)CCO1. The van der Waals surface area contributed by atoms with Crippen LogP contribution >= 0.6 is 0 Å². The van der Waals surface area contributed by atoms with Crippen molar-refractivity contribution in [2.24, 2.45) is 0 Å². The van der Waals surface area contributed by atoms with E-state index in [0.29, 0.717) is 26.2 Å². The second-order valence-electron chi connectivity index (χ2n) is 5.71. The number of hydrogen-bond donors (Lipinski definition) is 0. The number of rotatable bonds is 8. The molecule has 1 fully saturated rings. The Balaban J connectivity index is 1.68. The van der Waals surface area contributed by atoms with Crippen molar-refractivity contribution in [1.29, 1.82) is 0 Å². The Morgan fingerprint density at radius 1 is 1.32 bits per heavy atom. The average Bonchev–Trinajstić information content (AvgIpc) is 2.54. The van der Waals surface area contributed by atoms with Crippen LogP contribution in [0, 0.1) is 0 Å². The van der Waals surface area contributed by atoms with Gasteiger partial charge in [-0.25, -0.2) is 0 Å². The van der Waals surface area contributed by atoms with Gasteiger partial charge in [-0.15, -0.1) is 0 Å². The fourth-order valence-electron chi connectivity index (χ4n) is 2.50. The number of ether oxygens (including phenoxy) is 3. The Morgan fingerprint density at radius 3 is 2.91 bits per heavy atom. The van der Waals surface area contributed by atoms with E-state index in [0.717, 1.165) is 25.7 Å². The Hall–Kier alpha value is -1.39. The predicted octanol–water partition coefficient (Wildman–Crippen LogP) is 3.48. The molecule has 0 amide bonds. The highest BCUT2D eigenvalue weighted by Crippen LogP contribution is 2.21. The maximum absolute atomic E-state index is 11.7. The molecule has 0 saturated carbocycles. The molecule has 1 aliphatic heterocycles. The van der Waals surface area contributed by atoms with Crippen LogP contribution < -0.4 is 0 Å². The topological polar surface area (TPSA) is 44.8 Å². The number of benzene rings is 1. The lowest BCUT2D eigenvalue weighted by atomic mass is 10.0. The summed E-state index contributed by atoms with van der Waals surface area (Å²) in [5, 5.41) is 0. The molecule has 0 spiro atoms. The van der Waals surface area contributed by atoms with Crippen molar-refractivity contribution in [3.63, 3.8) is 0 Å². The quantitative estimate of drug-likeness (QED) is 0.545. The molecule has 4 nitrogen and oxygen atoms in total. The summed E-state index contributed by atoms with van der Waals surface area (Å²) in [4.78, 5) is 11.7. The van der Waals surface area contributed by atoms with Gasteiger partial charge in [0, 0.05) is 13.0 Å². The third kappa shape index (κ3) is 6.16. The molecule has 2 rings (SSSR count). The van der Waals surface area contributed by atoms with Gasteiger partial charge >= 0.3 is 5.97 Å². The molecule has 1 aromatic rings. The van der Waals surface area contributed by atoms with Crippen LogP contribution in [0.2, 0.25) is 0 Å². The van der Waals surface area contributed by atoms with E-state index in [-0.39, 0.29) is 18.2 Å². The lowest BCUT2D eigenvalue weighted by Gasteiger charge is -2.29. The van der Waals surface area contributed by atoms with Crippen molar-refractivity contribution in [2.45, 2.75) is 57.8 Å². The number of carbonyl (C=O) groups excluding carboxylic acids is 1. The zero-order valence-electron chi connectivity index (χ0n) is 13.3. The molecule has 2 atom stereocenters. The fourth-order valence-corrected chi connectivity index (χ4v) is 2.50. The average molecular weight is 306 g/mol. The Kier molecular flexibility index (Phi) is 7.40. The maximum atomic E-state index is 11.7. The van der Waals surface area contributed by atoms with Gasteiger partial charge in [-0.3, -0.25) is 4.79 Å². The van der Waals surface area contributed by atoms with Crippen molar-refractivity contribution in [2.75, 3.05) is 13.2 Å². The molecule has 1 aromatic carbocycles. The van der Waals surface area contributed by atoms with Gasteiger partial charge in [0.15, 0.2) is 0 Å². The van der Waals surface area contributed by atoms with Crippen molar-refractivity contribution in [3.8, 4) is 0 Å². The number of esters is 1. The molecule has 0 unspecified atom stereocenters. The zero-order valence-corrected chi connectivity index (χ0v) is 13.3. The highest BCUT2D eigenvalue weighted by molar-refractivity contribution is 5.69. The highest BCUT2D eigenvalue weighted by Gasteiger charge is 2.25. The first kappa shape index (κ1) is 17.0. The molecule has 22 heavy (non-hydrogen) atoms. The van der Waals surface area contributed by atoms with E-state index < -0.39 is 0 Å². The van der Waals surface area contributed by atoms with Crippen LogP contribution in [-0.4, -0.2) is 31.4 Å². The van der Waals surface area contributed by atoms with Crippen LogP contribution in [0.15, 0.2) is 30.3 Å². The molecular formula is C18H26O4. The third-order valence-electron chi connectivity index (χ3n) is 3.80. The standard InChI is InChI=1S/C18H26O4/c1-2-3-10-21-18(19)13-17-12-16(9-11-20-17)22-14-15-7-5-4-6-8-15/h4-8,16-17H,2-3,9-14H2,1H3/t16-,17+/m1/s1. The number of hydrogen-bond acceptors (Lipinski definition) is 4. The first-order chi connectivity index (χ1) is 10.8. The molecule has 1 aliphatic rings. The normalized spacial score (nSPS) is 21.5. The molecule has 4 heteroatoms. The molecule has 1 heterocycles. The molecule has 0 N–H and O–H groups in total. The van der Waals surface area contributed by atoms with E-state index in [2.05, 4.69) is 19.1 Å². The lowest BCUT2D eigenvalue weighted by Crippen LogP contribution is -2.32. The first-order valence-corrected chi connectivity index (χ1v) is 8.20. The Labute approximate surface area is 132 Å². The summed E-state index contributed by atoms with van der Waals surface area (Å²) >= 11 is 0.